The van der Waals surface area contributed by atoms with Crippen molar-refractivity contribution in [3.63, 3.8) is 0 Å². The van der Waals surface area contributed by atoms with E-state index < -0.39 is 0 Å². The van der Waals surface area contributed by atoms with E-state index >= 15 is 0 Å². The number of methoxy groups -OCH3 is 1. The molecule has 1 heterocycles. The van der Waals surface area contributed by atoms with Crippen LogP contribution in [0.25, 0.3) is 0 Å². The Morgan fingerprint density at radius 3 is 2.84 bits per heavy atom. The molecule has 0 saturated heterocycles. The van der Waals surface area contributed by atoms with Gasteiger partial charge < -0.3 is 4.74 Å². The van der Waals surface area contributed by atoms with Crippen LogP contribution in [0, 0.1) is 11.7 Å². The van der Waals surface area contributed by atoms with Crippen molar-refractivity contribution in [1.82, 2.24) is 0 Å². The summed E-state index contributed by atoms with van der Waals surface area (Å²) in [6, 6.07) is 6.65. The van der Waals surface area contributed by atoms with Gasteiger partial charge in [-0.2, -0.15) is 0 Å². The number of rotatable bonds is 7. The molecule has 0 saturated carbocycles. The van der Waals surface area contributed by atoms with E-state index in [4.69, 9.17) is 4.74 Å². The highest BCUT2D eigenvalue weighted by Crippen LogP contribution is 2.25. The van der Waals surface area contributed by atoms with Crippen LogP contribution in [-0.2, 0) is 4.74 Å². The minimum absolute atomic E-state index is 0.277. The predicted molar refractivity (Wildman–Crippen MR) is 102 cm³/mol. The summed E-state index contributed by atoms with van der Waals surface area (Å²) in [4.78, 5) is 8.68. The zero-order chi connectivity index (χ0) is 18.2. The lowest BCUT2D eigenvalue weighted by Crippen LogP contribution is -1.98. The summed E-state index contributed by atoms with van der Waals surface area (Å²) in [6.07, 6.45) is 7.24. The van der Waals surface area contributed by atoms with E-state index in [-0.39, 0.29) is 5.82 Å². The fraction of sp³-hybridized carbons (Fsp3) is 0.286. The van der Waals surface area contributed by atoms with Gasteiger partial charge in [0.15, 0.2) is 0 Å². The van der Waals surface area contributed by atoms with E-state index in [2.05, 4.69) is 35.3 Å². The molecule has 130 valence electrons. The number of allylic oxidation sites excluding steroid dienone is 4. The highest BCUT2D eigenvalue weighted by molar-refractivity contribution is 6.15. The molecule has 1 aromatic carbocycles. The molecule has 0 radical (unpaired) electrons. The Morgan fingerprint density at radius 2 is 2.20 bits per heavy atom. The second-order valence-corrected chi connectivity index (χ2v) is 5.90. The molecule has 1 atom stereocenters. The Hall–Kier alpha value is -2.71. The summed E-state index contributed by atoms with van der Waals surface area (Å²) in [5.41, 5.74) is 5.62. The third-order valence-corrected chi connectivity index (χ3v) is 3.94. The van der Waals surface area contributed by atoms with Crippen LogP contribution in [0.1, 0.15) is 25.3 Å². The number of hydrogen-bond donors (Lipinski definition) is 0. The number of halogens is 1. The maximum absolute atomic E-state index is 14.0. The fourth-order valence-corrected chi connectivity index (χ4v) is 2.60. The molecule has 0 amide bonds. The topological polar surface area (TPSA) is 34.0 Å². The molecule has 0 fully saturated rings. The maximum Gasteiger partial charge on any atom is 0.137 e. The zero-order valence-electron chi connectivity index (χ0n) is 14.9. The quantitative estimate of drug-likeness (QED) is 0.397. The van der Waals surface area contributed by atoms with Crippen LogP contribution in [0.2, 0.25) is 0 Å². The van der Waals surface area contributed by atoms with E-state index in [0.29, 0.717) is 17.2 Å². The van der Waals surface area contributed by atoms with Crippen molar-refractivity contribution in [3.05, 3.63) is 77.1 Å². The Morgan fingerprint density at radius 1 is 1.44 bits per heavy atom. The summed E-state index contributed by atoms with van der Waals surface area (Å²) in [5.74, 6) is 0.823. The largest absolute Gasteiger partial charge is 0.493 e. The minimum atomic E-state index is -0.277. The average Bonchev–Trinajstić information content (AvgIpc) is 3.01. The molecule has 25 heavy (non-hydrogen) atoms. The van der Waals surface area contributed by atoms with E-state index in [0.717, 1.165) is 29.9 Å². The normalized spacial score (nSPS) is 16.6. The molecular weight excluding hydrogens is 315 g/mol. The summed E-state index contributed by atoms with van der Waals surface area (Å²) < 4.78 is 19.2. The first kappa shape index (κ1) is 18.6. The summed E-state index contributed by atoms with van der Waals surface area (Å²) in [7, 11) is 3.33. The molecule has 0 spiro atoms. The van der Waals surface area contributed by atoms with Crippen molar-refractivity contribution in [2.75, 3.05) is 14.2 Å². The highest BCUT2D eigenvalue weighted by atomic mass is 19.1. The lowest BCUT2D eigenvalue weighted by atomic mass is 10.0. The smallest absolute Gasteiger partial charge is 0.137 e. The van der Waals surface area contributed by atoms with Gasteiger partial charge in [0.2, 0.25) is 0 Å². The molecule has 0 aromatic heterocycles. The van der Waals surface area contributed by atoms with Gasteiger partial charge in [-0.3, -0.25) is 4.99 Å². The molecule has 1 aromatic rings. The first-order valence-corrected chi connectivity index (χ1v) is 8.20. The van der Waals surface area contributed by atoms with Crippen molar-refractivity contribution in [2.45, 2.75) is 19.8 Å². The van der Waals surface area contributed by atoms with Gasteiger partial charge in [-0.15, -0.1) is 0 Å². The van der Waals surface area contributed by atoms with Crippen LogP contribution in [-0.4, -0.2) is 26.1 Å². The molecule has 3 nitrogen and oxygen atoms in total. The molecule has 1 aliphatic heterocycles. The second kappa shape index (κ2) is 8.95. The Kier molecular flexibility index (Phi) is 6.67. The molecule has 0 aliphatic carbocycles. The molecule has 0 N–H and O–H groups in total. The Labute approximate surface area is 148 Å². The van der Waals surface area contributed by atoms with Crippen LogP contribution >= 0.6 is 0 Å². The highest BCUT2D eigenvalue weighted by Gasteiger charge is 2.17. The number of nitrogens with zero attached hydrogens (tertiary/aromatic N) is 2. The molecule has 0 bridgehead atoms. The third kappa shape index (κ3) is 4.88. The molecular formula is C21H23FN2O. The summed E-state index contributed by atoms with van der Waals surface area (Å²) in [6.45, 7) is 5.75. The molecule has 1 aliphatic rings. The van der Waals surface area contributed by atoms with Gasteiger partial charge in [0.25, 0.3) is 0 Å². The van der Waals surface area contributed by atoms with Gasteiger partial charge in [-0.25, -0.2) is 9.38 Å². The van der Waals surface area contributed by atoms with E-state index in [1.165, 1.54) is 6.07 Å². The van der Waals surface area contributed by atoms with Crippen molar-refractivity contribution in [2.24, 2.45) is 15.9 Å². The number of benzene rings is 1. The average molecular weight is 338 g/mol. The van der Waals surface area contributed by atoms with Crippen LogP contribution in [0.15, 0.2) is 75.7 Å². The predicted octanol–water partition coefficient (Wildman–Crippen LogP) is 4.87. The molecule has 1 unspecified atom stereocenters. The Balaban J connectivity index is 2.22. The van der Waals surface area contributed by atoms with Gasteiger partial charge in [0.1, 0.15) is 11.6 Å². The van der Waals surface area contributed by atoms with Crippen LogP contribution in [0.4, 0.5) is 4.39 Å². The van der Waals surface area contributed by atoms with Crippen LogP contribution < -0.4 is 0 Å². The number of ether oxygens (including phenoxy) is 1. The first-order valence-electron chi connectivity index (χ1n) is 8.20. The molecule has 2 rings (SSSR count). The van der Waals surface area contributed by atoms with Gasteiger partial charge >= 0.3 is 0 Å². The molecule has 4 heteroatoms. The lowest BCUT2D eigenvalue weighted by molar-refractivity contribution is 0.264. The van der Waals surface area contributed by atoms with Gasteiger partial charge in [-0.1, -0.05) is 37.4 Å². The zero-order valence-corrected chi connectivity index (χ0v) is 14.9. The monoisotopic (exact) mass is 338 g/mol. The lowest BCUT2D eigenvalue weighted by Gasteiger charge is -2.10. The first-order chi connectivity index (χ1) is 12.1. The van der Waals surface area contributed by atoms with Crippen molar-refractivity contribution in [1.29, 1.82) is 0 Å². The SMILES string of the molecule is C=C=C(CC(C)C/C=C1/N=C(c2ccccc2F)C=C1C=NC)OC. The maximum atomic E-state index is 14.0. The summed E-state index contributed by atoms with van der Waals surface area (Å²) >= 11 is 0. The van der Waals surface area contributed by atoms with E-state index in [9.17, 15) is 4.39 Å². The second-order valence-electron chi connectivity index (χ2n) is 5.90. The van der Waals surface area contributed by atoms with Crippen LogP contribution in [0.3, 0.4) is 0 Å². The van der Waals surface area contributed by atoms with Gasteiger partial charge in [-0.05, 0) is 30.5 Å². The standard InChI is InChI=1S/C21H23FN2O/c1-5-17(25-4)12-15(2)10-11-20-16(14-23-3)13-21(24-20)18-8-6-7-9-19(18)22/h6-9,11,13-15H,1,10,12H2,2-4H3/b20-11+,23-14?. The van der Waals surface area contributed by atoms with Crippen molar-refractivity contribution < 1.29 is 9.13 Å². The number of aliphatic imine (C=N–C) groups is 2. The van der Waals surface area contributed by atoms with Gasteiger partial charge in [0, 0.05) is 30.8 Å². The third-order valence-electron chi connectivity index (χ3n) is 3.94. The van der Waals surface area contributed by atoms with E-state index in [1.807, 2.05) is 6.08 Å². The van der Waals surface area contributed by atoms with Crippen LogP contribution in [0.5, 0.6) is 0 Å². The van der Waals surface area contributed by atoms with E-state index in [1.54, 1.807) is 38.6 Å². The number of hydrogen-bond acceptors (Lipinski definition) is 3. The fourth-order valence-electron chi connectivity index (χ4n) is 2.60. The summed E-state index contributed by atoms with van der Waals surface area (Å²) in [5, 5.41) is 0. The van der Waals surface area contributed by atoms with Gasteiger partial charge in [0.05, 0.1) is 18.5 Å². The minimum Gasteiger partial charge on any atom is -0.493 e. The van der Waals surface area contributed by atoms with Crippen molar-refractivity contribution in [3.8, 4) is 0 Å². The Bertz CT molecular complexity index is 796. The van der Waals surface area contributed by atoms with Crippen molar-refractivity contribution >= 4 is 11.9 Å².